The molecule has 0 spiro atoms. The number of rotatable bonds is 2. The molecule has 1 aromatic carbocycles. The van der Waals surface area contributed by atoms with Crippen LogP contribution in [0.2, 0.25) is 5.02 Å². The number of hydrogen-bond donors (Lipinski definition) is 4. The summed E-state index contributed by atoms with van der Waals surface area (Å²) in [6.45, 7) is 8.90. The molecule has 0 saturated carbocycles. The Bertz CT molecular complexity index is 1170. The number of aryl methyl sites for hydroxylation is 1. The molecule has 10 heteroatoms. The maximum Gasteiger partial charge on any atom is 0.274 e. The van der Waals surface area contributed by atoms with Gasteiger partial charge in [0.2, 0.25) is 0 Å². The quantitative estimate of drug-likeness (QED) is 0.469. The zero-order valence-electron chi connectivity index (χ0n) is 19.2. The van der Waals surface area contributed by atoms with Crippen LogP contribution in [-0.4, -0.2) is 41.9 Å². The number of benzene rings is 1. The zero-order chi connectivity index (χ0) is 24.3. The van der Waals surface area contributed by atoms with Crippen molar-refractivity contribution in [3.05, 3.63) is 52.3 Å². The molecule has 178 valence electrons. The van der Waals surface area contributed by atoms with Gasteiger partial charge in [-0.1, -0.05) is 11.6 Å². The molecule has 33 heavy (non-hydrogen) atoms. The van der Waals surface area contributed by atoms with Crippen molar-refractivity contribution < 1.29 is 18.6 Å². The summed E-state index contributed by atoms with van der Waals surface area (Å²) in [5, 5.41) is 2.70. The SMILES string of the molecule is Cc1cc(Cl)cnc1C(=O)Nc1ccc2c(c1)[C@@]1(C)N=C(N)C(C)(C)S(O)(O)[C@@H]1C[C@H](C)O2. The number of carbonyl (C=O) groups is 1. The molecule has 2 aliphatic heterocycles. The van der Waals surface area contributed by atoms with Gasteiger partial charge in [0.05, 0.1) is 16.4 Å². The second kappa shape index (κ2) is 7.87. The summed E-state index contributed by atoms with van der Waals surface area (Å²) in [5.74, 6) is 0.362. The van der Waals surface area contributed by atoms with Crippen molar-refractivity contribution in [3.63, 3.8) is 0 Å². The number of halogens is 1. The molecule has 4 rings (SSSR count). The van der Waals surface area contributed by atoms with Crippen LogP contribution >= 0.6 is 22.2 Å². The number of aromatic nitrogens is 1. The Labute approximate surface area is 200 Å². The Morgan fingerprint density at radius 2 is 2.00 bits per heavy atom. The molecule has 0 fully saturated rings. The van der Waals surface area contributed by atoms with Gasteiger partial charge in [-0.3, -0.25) is 18.9 Å². The third kappa shape index (κ3) is 3.77. The van der Waals surface area contributed by atoms with Gasteiger partial charge in [-0.2, -0.15) is 10.6 Å². The highest BCUT2D eigenvalue weighted by Gasteiger charge is 2.58. The van der Waals surface area contributed by atoms with E-state index in [0.29, 0.717) is 34.0 Å². The van der Waals surface area contributed by atoms with Gasteiger partial charge in [0.25, 0.3) is 5.91 Å². The van der Waals surface area contributed by atoms with Gasteiger partial charge in [0.1, 0.15) is 27.6 Å². The first-order chi connectivity index (χ1) is 15.3. The second-order valence-corrected chi connectivity index (χ2v) is 12.6. The van der Waals surface area contributed by atoms with Gasteiger partial charge in [-0.05, 0) is 64.4 Å². The number of amides is 1. The van der Waals surface area contributed by atoms with Crippen molar-refractivity contribution in [1.82, 2.24) is 4.98 Å². The van der Waals surface area contributed by atoms with Crippen molar-refractivity contribution in [1.29, 1.82) is 0 Å². The van der Waals surface area contributed by atoms with Crippen LogP contribution in [0.1, 0.15) is 55.7 Å². The molecule has 0 unspecified atom stereocenters. The van der Waals surface area contributed by atoms with Gasteiger partial charge in [0, 0.05) is 23.9 Å². The number of carbonyl (C=O) groups excluding carboxylic acids is 1. The number of fused-ring (bicyclic) bond motifs is 3. The lowest BCUT2D eigenvalue weighted by Crippen LogP contribution is -2.57. The van der Waals surface area contributed by atoms with Crippen molar-refractivity contribution >= 4 is 39.6 Å². The Hall–Kier alpha value is -2.33. The fraction of sp³-hybridized carbons (Fsp3) is 0.435. The molecule has 1 amide bonds. The molecule has 1 aromatic heterocycles. The van der Waals surface area contributed by atoms with Crippen LogP contribution in [0.5, 0.6) is 5.75 Å². The van der Waals surface area contributed by atoms with E-state index in [-0.39, 0.29) is 23.5 Å². The summed E-state index contributed by atoms with van der Waals surface area (Å²) in [7, 11) is -3.20. The lowest BCUT2D eigenvalue weighted by Gasteiger charge is -2.58. The van der Waals surface area contributed by atoms with Crippen molar-refractivity contribution in [2.75, 3.05) is 5.32 Å². The number of aliphatic imine (C=N–C) groups is 1. The minimum atomic E-state index is -3.20. The first kappa shape index (κ1) is 23.8. The summed E-state index contributed by atoms with van der Waals surface area (Å²) < 4.78 is 27.8. The van der Waals surface area contributed by atoms with E-state index in [0.717, 1.165) is 0 Å². The first-order valence-corrected chi connectivity index (χ1v) is 12.6. The minimum Gasteiger partial charge on any atom is -0.490 e. The molecule has 0 radical (unpaired) electrons. The molecule has 2 aromatic rings. The lowest BCUT2D eigenvalue weighted by molar-refractivity contribution is 0.102. The fourth-order valence-electron chi connectivity index (χ4n) is 4.52. The van der Waals surface area contributed by atoms with Gasteiger partial charge in [-0.25, -0.2) is 4.98 Å². The summed E-state index contributed by atoms with van der Waals surface area (Å²) in [4.78, 5) is 21.8. The summed E-state index contributed by atoms with van der Waals surface area (Å²) in [6.07, 6.45) is 1.55. The number of nitrogens with two attached hydrogens (primary N) is 1. The van der Waals surface area contributed by atoms with Crippen LogP contribution in [-0.2, 0) is 5.54 Å². The monoisotopic (exact) mass is 492 g/mol. The number of hydrogen-bond acceptors (Lipinski definition) is 7. The molecular formula is C23H29ClN4O4S. The maximum absolute atomic E-state index is 12.9. The number of nitrogens with zero attached hydrogens (tertiary/aromatic N) is 2. The van der Waals surface area contributed by atoms with E-state index in [1.165, 1.54) is 6.20 Å². The molecule has 8 nitrogen and oxygen atoms in total. The number of nitrogens with one attached hydrogen (secondary N) is 1. The largest absolute Gasteiger partial charge is 0.490 e. The summed E-state index contributed by atoms with van der Waals surface area (Å²) in [6, 6.07) is 6.92. The predicted octanol–water partition coefficient (Wildman–Crippen LogP) is 4.95. The smallest absolute Gasteiger partial charge is 0.274 e. The summed E-state index contributed by atoms with van der Waals surface area (Å²) in [5.41, 5.74) is 7.27. The third-order valence-electron chi connectivity index (χ3n) is 6.66. The van der Waals surface area contributed by atoms with Crippen molar-refractivity contribution in [2.24, 2.45) is 10.7 Å². The van der Waals surface area contributed by atoms with Crippen LogP contribution in [0.3, 0.4) is 0 Å². The molecule has 0 aliphatic carbocycles. The van der Waals surface area contributed by atoms with Gasteiger partial charge < -0.3 is 15.8 Å². The average molecular weight is 493 g/mol. The Balaban J connectivity index is 1.80. The van der Waals surface area contributed by atoms with E-state index in [9.17, 15) is 13.9 Å². The Morgan fingerprint density at radius 3 is 2.67 bits per heavy atom. The maximum atomic E-state index is 12.9. The highest BCUT2D eigenvalue weighted by molar-refractivity contribution is 8.26. The van der Waals surface area contributed by atoms with E-state index in [2.05, 4.69) is 10.3 Å². The van der Waals surface area contributed by atoms with Crippen LogP contribution in [0.4, 0.5) is 5.69 Å². The predicted molar refractivity (Wildman–Crippen MR) is 133 cm³/mol. The Morgan fingerprint density at radius 1 is 1.30 bits per heavy atom. The van der Waals surface area contributed by atoms with E-state index in [4.69, 9.17) is 27.1 Å². The van der Waals surface area contributed by atoms with Crippen LogP contribution in [0, 0.1) is 6.92 Å². The van der Waals surface area contributed by atoms with Gasteiger partial charge >= 0.3 is 0 Å². The number of amidine groups is 1. The highest BCUT2D eigenvalue weighted by atomic mass is 35.5. The van der Waals surface area contributed by atoms with E-state index < -0.39 is 26.1 Å². The Kier molecular flexibility index (Phi) is 5.68. The number of anilines is 1. The van der Waals surface area contributed by atoms with Crippen molar-refractivity contribution in [2.45, 2.75) is 62.7 Å². The number of ether oxygens (including phenoxy) is 1. The van der Waals surface area contributed by atoms with E-state index in [1.54, 1.807) is 45.0 Å². The first-order valence-electron chi connectivity index (χ1n) is 10.6. The normalized spacial score (nSPS) is 28.3. The van der Waals surface area contributed by atoms with E-state index >= 15 is 0 Å². The van der Waals surface area contributed by atoms with Crippen molar-refractivity contribution in [3.8, 4) is 5.75 Å². The van der Waals surface area contributed by atoms with Crippen LogP contribution < -0.4 is 15.8 Å². The summed E-state index contributed by atoms with van der Waals surface area (Å²) >= 11 is 5.95. The lowest BCUT2D eigenvalue weighted by atomic mass is 9.85. The second-order valence-electron chi connectivity index (χ2n) is 9.38. The average Bonchev–Trinajstić information content (AvgIpc) is 2.81. The van der Waals surface area contributed by atoms with Crippen LogP contribution in [0.25, 0.3) is 0 Å². The molecule has 0 bridgehead atoms. The molecule has 3 atom stereocenters. The van der Waals surface area contributed by atoms with Gasteiger partial charge in [-0.15, -0.1) is 0 Å². The standard InChI is InChI=1S/C23H29ClN4O4S/c1-12-8-14(24)11-26-19(12)20(29)27-15-6-7-17-16(10-15)23(5)18(9-13(2)32-17)33(30,31)22(3,4)21(25)28-23/h6-8,10-11,13,18,30-31H,9H2,1-5H3,(H2,25,28)(H,27,29)/t13-,18+,23+/m0/s1. The topological polar surface area (TPSA) is 130 Å². The zero-order valence-corrected chi connectivity index (χ0v) is 20.8. The van der Waals surface area contributed by atoms with Crippen LogP contribution in [0.15, 0.2) is 35.5 Å². The van der Waals surface area contributed by atoms with Gasteiger partial charge in [0.15, 0.2) is 0 Å². The molecule has 0 saturated heterocycles. The third-order valence-corrected chi connectivity index (χ3v) is 10.0. The fourth-order valence-corrected chi connectivity index (χ4v) is 7.16. The molecular weight excluding hydrogens is 464 g/mol. The molecule has 3 heterocycles. The highest BCUT2D eigenvalue weighted by Crippen LogP contribution is 2.66. The molecule has 2 aliphatic rings. The molecule has 5 N–H and O–H groups in total. The minimum absolute atomic E-state index is 0.178. The van der Waals surface area contributed by atoms with E-state index in [1.807, 2.05) is 13.8 Å². The number of pyridine rings is 1.